The van der Waals surface area contributed by atoms with Gasteiger partial charge in [-0.25, -0.2) is 18.0 Å². The van der Waals surface area contributed by atoms with Gasteiger partial charge in [0.1, 0.15) is 10.6 Å². The highest BCUT2D eigenvalue weighted by molar-refractivity contribution is 7.91. The molecular formula is C22H12Cl2O8S. The van der Waals surface area contributed by atoms with Crippen molar-refractivity contribution in [1.29, 1.82) is 0 Å². The molecule has 2 heterocycles. The van der Waals surface area contributed by atoms with Gasteiger partial charge in [0.15, 0.2) is 5.75 Å². The summed E-state index contributed by atoms with van der Waals surface area (Å²) in [6, 6.07) is 13.0. The van der Waals surface area contributed by atoms with E-state index in [1.807, 2.05) is 0 Å². The average Bonchev–Trinajstić information content (AvgIpc) is 3.50. The number of ether oxygens (including phenoxy) is 2. The zero-order valence-electron chi connectivity index (χ0n) is 16.4. The van der Waals surface area contributed by atoms with Crippen molar-refractivity contribution in [1.82, 2.24) is 0 Å². The minimum absolute atomic E-state index is 0.0920. The molecule has 0 unspecified atom stereocenters. The Labute approximate surface area is 197 Å². The highest BCUT2D eigenvalue weighted by Gasteiger charge is 2.28. The van der Waals surface area contributed by atoms with Crippen LogP contribution in [0.25, 0.3) is 0 Å². The second kappa shape index (κ2) is 9.14. The molecule has 0 saturated carbocycles. The number of halogens is 2. The Hall–Kier alpha value is -3.53. The molecule has 0 aliphatic rings. The van der Waals surface area contributed by atoms with Crippen LogP contribution in [0.4, 0.5) is 0 Å². The number of sulfone groups is 1. The SMILES string of the molecule is O=C(Oc1ccc(OC(=O)c2ccco2)c(S(=O)(=O)c2cc(Cl)ccc2Cl)c1)c1ccco1. The molecule has 0 amide bonds. The number of benzene rings is 2. The van der Waals surface area contributed by atoms with Gasteiger partial charge in [0, 0.05) is 11.1 Å². The Morgan fingerprint density at radius 2 is 1.39 bits per heavy atom. The molecule has 0 radical (unpaired) electrons. The summed E-state index contributed by atoms with van der Waals surface area (Å²) in [6.07, 6.45) is 2.54. The lowest BCUT2D eigenvalue weighted by molar-refractivity contribution is 0.0682. The van der Waals surface area contributed by atoms with Gasteiger partial charge in [-0.3, -0.25) is 0 Å². The number of carbonyl (C=O) groups is 2. The Bertz CT molecular complexity index is 1430. The Balaban J connectivity index is 1.79. The van der Waals surface area contributed by atoms with Crippen molar-refractivity contribution in [2.75, 3.05) is 0 Å². The van der Waals surface area contributed by atoms with Gasteiger partial charge in [0.2, 0.25) is 21.4 Å². The zero-order valence-corrected chi connectivity index (χ0v) is 18.7. The van der Waals surface area contributed by atoms with Crippen LogP contribution in [-0.4, -0.2) is 20.4 Å². The van der Waals surface area contributed by atoms with Crippen molar-refractivity contribution < 1.29 is 36.3 Å². The summed E-state index contributed by atoms with van der Waals surface area (Å²) in [5, 5.41) is 0.00759. The molecule has 8 nitrogen and oxygen atoms in total. The maximum absolute atomic E-state index is 13.4. The topological polar surface area (TPSA) is 113 Å². The third kappa shape index (κ3) is 4.80. The van der Waals surface area contributed by atoms with Crippen molar-refractivity contribution in [3.8, 4) is 11.5 Å². The predicted octanol–water partition coefficient (Wildman–Crippen LogP) is 5.45. The number of furan rings is 2. The summed E-state index contributed by atoms with van der Waals surface area (Å²) in [5.41, 5.74) is 0. The van der Waals surface area contributed by atoms with Crippen molar-refractivity contribution in [2.24, 2.45) is 0 Å². The van der Waals surface area contributed by atoms with E-state index in [0.29, 0.717) is 0 Å². The predicted molar refractivity (Wildman–Crippen MR) is 116 cm³/mol. The maximum atomic E-state index is 13.4. The minimum atomic E-state index is -4.39. The van der Waals surface area contributed by atoms with E-state index in [1.54, 1.807) is 0 Å². The van der Waals surface area contributed by atoms with E-state index in [2.05, 4.69) is 0 Å². The lowest BCUT2D eigenvalue weighted by atomic mass is 10.3. The molecule has 0 N–H and O–H groups in total. The van der Waals surface area contributed by atoms with Crippen LogP contribution in [0.2, 0.25) is 10.0 Å². The van der Waals surface area contributed by atoms with E-state index in [0.717, 1.165) is 18.2 Å². The molecule has 0 fully saturated rings. The van der Waals surface area contributed by atoms with Crippen molar-refractivity contribution in [2.45, 2.75) is 9.79 Å². The minimum Gasteiger partial charge on any atom is -0.457 e. The second-order valence-corrected chi connectivity index (χ2v) is 9.15. The van der Waals surface area contributed by atoms with Gasteiger partial charge in [-0.1, -0.05) is 23.2 Å². The molecule has 0 spiro atoms. The normalized spacial score (nSPS) is 11.2. The molecule has 2 aromatic carbocycles. The van der Waals surface area contributed by atoms with Crippen LogP contribution in [0.1, 0.15) is 21.1 Å². The summed E-state index contributed by atoms with van der Waals surface area (Å²) < 4.78 is 47.3. The number of hydrogen-bond acceptors (Lipinski definition) is 8. The van der Waals surface area contributed by atoms with Crippen molar-refractivity contribution in [3.63, 3.8) is 0 Å². The fraction of sp³-hybridized carbons (Fsp3) is 0. The monoisotopic (exact) mass is 506 g/mol. The van der Waals surface area contributed by atoms with Crippen molar-refractivity contribution >= 4 is 45.0 Å². The van der Waals surface area contributed by atoms with Crippen LogP contribution in [0, 0.1) is 0 Å². The number of hydrogen-bond donors (Lipinski definition) is 0. The summed E-state index contributed by atoms with van der Waals surface area (Å²) in [5.74, 6) is -2.52. The molecule has 4 rings (SSSR count). The number of rotatable bonds is 6. The smallest absolute Gasteiger partial charge is 0.379 e. The Kier molecular flexibility index (Phi) is 6.28. The van der Waals surface area contributed by atoms with E-state index >= 15 is 0 Å². The van der Waals surface area contributed by atoms with E-state index in [9.17, 15) is 18.0 Å². The fourth-order valence-corrected chi connectivity index (χ4v) is 4.89. The first-order chi connectivity index (χ1) is 15.8. The van der Waals surface area contributed by atoms with Crippen LogP contribution in [0.5, 0.6) is 11.5 Å². The van der Waals surface area contributed by atoms with Gasteiger partial charge >= 0.3 is 11.9 Å². The van der Waals surface area contributed by atoms with Crippen LogP contribution in [-0.2, 0) is 9.84 Å². The van der Waals surface area contributed by atoms with E-state index in [1.165, 1.54) is 55.0 Å². The Morgan fingerprint density at radius 3 is 2.00 bits per heavy atom. The summed E-state index contributed by atoms with van der Waals surface area (Å²) in [6.45, 7) is 0. The molecule has 11 heteroatoms. The van der Waals surface area contributed by atoms with Gasteiger partial charge < -0.3 is 18.3 Å². The third-order valence-electron chi connectivity index (χ3n) is 4.25. The van der Waals surface area contributed by atoms with Gasteiger partial charge in [-0.15, -0.1) is 0 Å². The fourth-order valence-electron chi connectivity index (χ4n) is 2.74. The van der Waals surface area contributed by atoms with Crippen LogP contribution in [0.15, 0.2) is 91.8 Å². The standard InChI is InChI=1S/C22H12Cl2O8S/c23-13-5-7-15(24)19(11-13)33(27,28)20-12-14(31-21(25)17-3-1-9-29-17)6-8-16(20)32-22(26)18-4-2-10-30-18/h1-12H. The van der Waals surface area contributed by atoms with Gasteiger partial charge in [0.05, 0.1) is 22.4 Å². The van der Waals surface area contributed by atoms with Crippen molar-refractivity contribution in [3.05, 3.63) is 94.8 Å². The third-order valence-corrected chi connectivity index (χ3v) is 6.74. The second-order valence-electron chi connectivity index (χ2n) is 6.42. The highest BCUT2D eigenvalue weighted by Crippen LogP contribution is 2.37. The van der Waals surface area contributed by atoms with E-state index < -0.39 is 26.7 Å². The number of carbonyl (C=O) groups excluding carboxylic acids is 2. The highest BCUT2D eigenvalue weighted by atomic mass is 35.5. The average molecular weight is 507 g/mol. The molecule has 0 aliphatic carbocycles. The summed E-state index contributed by atoms with van der Waals surface area (Å²) in [7, 11) is -4.39. The lowest BCUT2D eigenvalue weighted by Crippen LogP contribution is -2.13. The molecule has 168 valence electrons. The van der Waals surface area contributed by atoms with E-state index in [-0.39, 0.29) is 38.0 Å². The van der Waals surface area contributed by atoms with Crippen LogP contribution < -0.4 is 9.47 Å². The molecule has 0 bridgehead atoms. The lowest BCUT2D eigenvalue weighted by Gasteiger charge is -2.13. The maximum Gasteiger partial charge on any atom is 0.379 e. The van der Waals surface area contributed by atoms with Gasteiger partial charge in [-0.05, 0) is 54.6 Å². The Morgan fingerprint density at radius 1 is 0.758 bits per heavy atom. The number of esters is 2. The van der Waals surface area contributed by atoms with E-state index in [4.69, 9.17) is 41.5 Å². The van der Waals surface area contributed by atoms with Gasteiger partial charge in [0.25, 0.3) is 0 Å². The molecule has 4 aromatic rings. The first kappa shape index (κ1) is 22.7. The largest absolute Gasteiger partial charge is 0.457 e. The summed E-state index contributed by atoms with van der Waals surface area (Å²) >= 11 is 12.1. The molecule has 0 atom stereocenters. The first-order valence-electron chi connectivity index (χ1n) is 9.11. The zero-order chi connectivity index (χ0) is 23.6. The van der Waals surface area contributed by atoms with Crippen LogP contribution >= 0.6 is 23.2 Å². The first-order valence-corrected chi connectivity index (χ1v) is 11.3. The molecule has 33 heavy (non-hydrogen) atoms. The van der Waals surface area contributed by atoms with Gasteiger partial charge in [-0.2, -0.15) is 0 Å². The summed E-state index contributed by atoms with van der Waals surface area (Å²) in [4.78, 5) is 23.8. The molecule has 0 aliphatic heterocycles. The molecule has 2 aromatic heterocycles. The van der Waals surface area contributed by atoms with Crippen LogP contribution in [0.3, 0.4) is 0 Å². The molecular weight excluding hydrogens is 495 g/mol. The molecule has 0 saturated heterocycles. The quantitative estimate of drug-likeness (QED) is 0.250.